The van der Waals surface area contributed by atoms with Crippen LogP contribution in [0, 0.1) is 19.7 Å². The first-order valence-corrected chi connectivity index (χ1v) is 8.57. The molecular weight excluding hydrogens is 353 g/mol. The van der Waals surface area contributed by atoms with Crippen molar-refractivity contribution < 1.29 is 28.2 Å². The molecule has 27 heavy (non-hydrogen) atoms. The van der Waals surface area contributed by atoms with Crippen LogP contribution < -0.4 is 0 Å². The van der Waals surface area contributed by atoms with Crippen LogP contribution in [0.2, 0.25) is 0 Å². The van der Waals surface area contributed by atoms with Crippen LogP contribution in [0.25, 0.3) is 0 Å². The Morgan fingerprint density at radius 2 is 1.78 bits per heavy atom. The first-order valence-electron chi connectivity index (χ1n) is 8.57. The Balaban J connectivity index is 2.06. The largest absolute Gasteiger partial charge is 0.462 e. The van der Waals surface area contributed by atoms with E-state index in [1.165, 1.54) is 31.2 Å². The van der Waals surface area contributed by atoms with Gasteiger partial charge < -0.3 is 14.0 Å². The summed E-state index contributed by atoms with van der Waals surface area (Å²) in [5.74, 6) is -1.94. The Morgan fingerprint density at radius 1 is 1.15 bits per heavy atom. The lowest BCUT2D eigenvalue weighted by Gasteiger charge is -2.14. The molecule has 2 rings (SSSR count). The third-order valence-corrected chi connectivity index (χ3v) is 4.16. The second-order valence-electron chi connectivity index (χ2n) is 6.09. The molecule has 0 unspecified atom stereocenters. The fraction of sp³-hybridized carbons (Fsp3) is 0.350. The molecule has 7 heteroatoms. The van der Waals surface area contributed by atoms with Gasteiger partial charge in [-0.25, -0.2) is 9.18 Å². The maximum absolute atomic E-state index is 13.0. The normalized spacial score (nSPS) is 11.7. The fourth-order valence-corrected chi connectivity index (χ4v) is 2.73. The van der Waals surface area contributed by atoms with Crippen molar-refractivity contribution in [3.63, 3.8) is 0 Å². The molecule has 0 bridgehead atoms. The molecule has 144 valence electrons. The molecule has 0 N–H and O–H groups in total. The maximum atomic E-state index is 13.0. The van der Waals surface area contributed by atoms with Crippen LogP contribution >= 0.6 is 0 Å². The third kappa shape index (κ3) is 4.81. The summed E-state index contributed by atoms with van der Waals surface area (Å²) in [5.41, 5.74) is 1.93. The van der Waals surface area contributed by atoms with Gasteiger partial charge in [-0.3, -0.25) is 9.59 Å². The van der Waals surface area contributed by atoms with Gasteiger partial charge in [-0.15, -0.1) is 0 Å². The van der Waals surface area contributed by atoms with Gasteiger partial charge in [0.2, 0.25) is 5.78 Å². The lowest BCUT2D eigenvalue weighted by atomic mass is 10.1. The number of rotatable bonds is 7. The number of Topliss-reactive ketones (excluding diaryl/α,β-unsaturated/α-hetero) is 1. The molecule has 0 saturated carbocycles. The van der Waals surface area contributed by atoms with E-state index in [2.05, 4.69) is 0 Å². The van der Waals surface area contributed by atoms with Crippen molar-refractivity contribution in [1.82, 2.24) is 4.57 Å². The number of ether oxygens (including phenoxy) is 2. The van der Waals surface area contributed by atoms with Gasteiger partial charge in [0.25, 0.3) is 0 Å². The molecule has 2 aromatic rings. The van der Waals surface area contributed by atoms with Crippen molar-refractivity contribution in [2.45, 2.75) is 40.3 Å². The minimum atomic E-state index is -1.01. The van der Waals surface area contributed by atoms with E-state index in [-0.39, 0.29) is 18.7 Å². The number of hydrogen-bond acceptors (Lipinski definition) is 5. The molecule has 1 atom stereocenters. The molecule has 0 aliphatic rings. The van der Waals surface area contributed by atoms with Gasteiger partial charge in [0.15, 0.2) is 6.10 Å². The number of benzene rings is 1. The summed E-state index contributed by atoms with van der Waals surface area (Å²) in [4.78, 5) is 36.5. The van der Waals surface area contributed by atoms with Gasteiger partial charge in [-0.1, -0.05) is 0 Å². The highest BCUT2D eigenvalue weighted by Crippen LogP contribution is 2.17. The van der Waals surface area contributed by atoms with E-state index in [0.717, 1.165) is 0 Å². The minimum absolute atomic E-state index is 0.141. The van der Waals surface area contributed by atoms with Crippen LogP contribution in [0.4, 0.5) is 4.39 Å². The topological polar surface area (TPSA) is 74.6 Å². The van der Waals surface area contributed by atoms with Crippen molar-refractivity contribution in [3.8, 4) is 0 Å². The third-order valence-electron chi connectivity index (χ3n) is 4.16. The summed E-state index contributed by atoms with van der Waals surface area (Å²) in [6.45, 7) is 6.76. The lowest BCUT2D eigenvalue weighted by molar-refractivity contribution is -0.147. The summed E-state index contributed by atoms with van der Waals surface area (Å²) >= 11 is 0. The Morgan fingerprint density at radius 3 is 2.37 bits per heavy atom. The Labute approximate surface area is 156 Å². The maximum Gasteiger partial charge on any atom is 0.339 e. The van der Waals surface area contributed by atoms with E-state index in [1.54, 1.807) is 31.4 Å². The molecule has 1 aromatic carbocycles. The van der Waals surface area contributed by atoms with Crippen LogP contribution in [-0.4, -0.2) is 35.0 Å². The van der Waals surface area contributed by atoms with Crippen LogP contribution in [0.5, 0.6) is 0 Å². The smallest absolute Gasteiger partial charge is 0.339 e. The highest BCUT2D eigenvalue weighted by molar-refractivity contribution is 6.00. The number of esters is 2. The van der Waals surface area contributed by atoms with E-state index in [0.29, 0.717) is 17.0 Å². The van der Waals surface area contributed by atoms with Crippen LogP contribution in [0.3, 0.4) is 0 Å². The molecule has 0 spiro atoms. The van der Waals surface area contributed by atoms with Gasteiger partial charge in [0.05, 0.1) is 12.2 Å². The monoisotopic (exact) mass is 375 g/mol. The van der Waals surface area contributed by atoms with E-state index in [9.17, 15) is 18.8 Å². The lowest BCUT2D eigenvalue weighted by Crippen LogP contribution is -2.27. The molecule has 1 heterocycles. The molecule has 0 fully saturated rings. The van der Waals surface area contributed by atoms with Gasteiger partial charge in [-0.2, -0.15) is 0 Å². The second kappa shape index (κ2) is 8.62. The molecule has 1 aromatic heterocycles. The molecule has 6 nitrogen and oxygen atoms in total. The van der Waals surface area contributed by atoms with Gasteiger partial charge in [0.1, 0.15) is 12.4 Å². The van der Waals surface area contributed by atoms with Gasteiger partial charge in [-0.05, 0) is 58.0 Å². The molecule has 0 aliphatic carbocycles. The number of halogens is 1. The van der Waals surface area contributed by atoms with Crippen LogP contribution in [0.15, 0.2) is 30.3 Å². The summed E-state index contributed by atoms with van der Waals surface area (Å²) in [6, 6.07) is 6.67. The number of hydrogen-bond donors (Lipinski definition) is 0. The zero-order valence-electron chi connectivity index (χ0n) is 15.7. The van der Waals surface area contributed by atoms with Crippen molar-refractivity contribution in [2.24, 2.45) is 0 Å². The summed E-state index contributed by atoms with van der Waals surface area (Å²) in [7, 11) is 0. The Hall–Kier alpha value is -2.96. The zero-order valence-corrected chi connectivity index (χ0v) is 15.7. The number of aromatic nitrogens is 1. The quantitative estimate of drug-likeness (QED) is 0.549. The number of aryl methyl sites for hydroxylation is 1. The average molecular weight is 375 g/mol. The average Bonchev–Trinajstić information content (AvgIpc) is 2.90. The van der Waals surface area contributed by atoms with Crippen molar-refractivity contribution in [3.05, 3.63) is 58.7 Å². The SMILES string of the molecule is CCOC(=O)c1cc(C)n(CC(=O)O[C@H](C)C(=O)c2ccc(F)cc2)c1C. The minimum Gasteiger partial charge on any atom is -0.462 e. The van der Waals surface area contributed by atoms with Gasteiger partial charge in [0, 0.05) is 17.0 Å². The Bertz CT molecular complexity index is 854. The molecule has 0 radical (unpaired) electrons. The molecule has 0 saturated heterocycles. The van der Waals surface area contributed by atoms with E-state index in [4.69, 9.17) is 9.47 Å². The first kappa shape index (κ1) is 20.4. The number of carbonyl (C=O) groups is 3. The summed E-state index contributed by atoms with van der Waals surface area (Å²) < 4.78 is 24.8. The highest BCUT2D eigenvalue weighted by atomic mass is 19.1. The number of ketones is 1. The van der Waals surface area contributed by atoms with Crippen molar-refractivity contribution in [2.75, 3.05) is 6.61 Å². The standard InChI is InChI=1S/C20H22FNO5/c1-5-26-20(25)17-10-12(2)22(13(17)3)11-18(23)27-14(4)19(24)15-6-8-16(21)9-7-15/h6-10,14H,5,11H2,1-4H3/t14-/m1/s1. The first-order chi connectivity index (χ1) is 12.7. The zero-order chi connectivity index (χ0) is 20.1. The van der Waals surface area contributed by atoms with Crippen molar-refractivity contribution in [1.29, 1.82) is 0 Å². The molecule has 0 amide bonds. The Kier molecular flexibility index (Phi) is 6.50. The van der Waals surface area contributed by atoms with E-state index >= 15 is 0 Å². The summed E-state index contributed by atoms with van der Waals surface area (Å²) in [5, 5.41) is 0. The van der Waals surface area contributed by atoms with E-state index in [1.807, 2.05) is 0 Å². The second-order valence-corrected chi connectivity index (χ2v) is 6.09. The van der Waals surface area contributed by atoms with Crippen molar-refractivity contribution >= 4 is 17.7 Å². The summed E-state index contributed by atoms with van der Waals surface area (Å²) in [6.07, 6.45) is -1.01. The fourth-order valence-electron chi connectivity index (χ4n) is 2.73. The molecule has 0 aliphatic heterocycles. The highest BCUT2D eigenvalue weighted by Gasteiger charge is 2.22. The van der Waals surface area contributed by atoms with Gasteiger partial charge >= 0.3 is 11.9 Å². The van der Waals surface area contributed by atoms with Crippen LogP contribution in [0.1, 0.15) is 46.0 Å². The van der Waals surface area contributed by atoms with E-state index < -0.39 is 29.6 Å². The number of carbonyl (C=O) groups excluding carboxylic acids is 3. The molecular formula is C20H22FNO5. The predicted octanol–water partition coefficient (Wildman–Crippen LogP) is 3.24. The van der Waals surface area contributed by atoms with Crippen LogP contribution in [-0.2, 0) is 20.8 Å². The predicted molar refractivity (Wildman–Crippen MR) is 96.1 cm³/mol. The number of nitrogens with zero attached hydrogens (tertiary/aromatic N) is 1.